The van der Waals surface area contributed by atoms with Gasteiger partial charge in [-0.25, -0.2) is 4.98 Å². The summed E-state index contributed by atoms with van der Waals surface area (Å²) < 4.78 is 2.28. The molecule has 2 heterocycles. The number of pyridine rings is 1. The number of rotatable bonds is 7. The maximum atomic E-state index is 12.9. The molecule has 6 heteroatoms. The number of nitrogens with zero attached hydrogens (tertiary/aromatic N) is 3. The number of anilines is 1. The Bertz CT molecular complexity index is 1340. The van der Waals surface area contributed by atoms with E-state index >= 15 is 0 Å². The summed E-state index contributed by atoms with van der Waals surface area (Å²) in [7, 11) is 0. The van der Waals surface area contributed by atoms with Crippen molar-refractivity contribution in [1.82, 2.24) is 9.55 Å². The summed E-state index contributed by atoms with van der Waals surface area (Å²) in [5.41, 5.74) is 4.56. The SMILES string of the molecule is CCCc1ccc(C#N)c(SC(C)C(=O)Nc2ccc3c(c2)c2ccccc2n3CC)n1. The summed E-state index contributed by atoms with van der Waals surface area (Å²) >= 11 is 1.33. The molecule has 1 atom stereocenters. The second-order valence-electron chi connectivity index (χ2n) is 7.76. The van der Waals surface area contributed by atoms with Gasteiger partial charge in [0.25, 0.3) is 0 Å². The van der Waals surface area contributed by atoms with Gasteiger partial charge in [0.1, 0.15) is 11.1 Å². The Balaban J connectivity index is 1.57. The molecule has 32 heavy (non-hydrogen) atoms. The molecular weight excluding hydrogens is 416 g/mol. The minimum absolute atomic E-state index is 0.111. The van der Waals surface area contributed by atoms with Crippen molar-refractivity contribution in [3.63, 3.8) is 0 Å². The van der Waals surface area contributed by atoms with Crippen LogP contribution in [0.1, 0.15) is 38.4 Å². The summed E-state index contributed by atoms with van der Waals surface area (Å²) in [6.07, 6.45) is 1.83. The highest BCUT2D eigenvalue weighted by molar-refractivity contribution is 8.00. The van der Waals surface area contributed by atoms with Gasteiger partial charge in [0, 0.05) is 39.7 Å². The lowest BCUT2D eigenvalue weighted by molar-refractivity contribution is -0.115. The van der Waals surface area contributed by atoms with Gasteiger partial charge in [-0.2, -0.15) is 5.26 Å². The first-order valence-corrected chi connectivity index (χ1v) is 11.8. The average Bonchev–Trinajstić information content (AvgIpc) is 3.12. The van der Waals surface area contributed by atoms with Crippen molar-refractivity contribution in [3.8, 4) is 6.07 Å². The van der Waals surface area contributed by atoms with Crippen molar-refractivity contribution in [2.75, 3.05) is 5.32 Å². The average molecular weight is 443 g/mol. The highest BCUT2D eigenvalue weighted by Crippen LogP contribution is 2.32. The van der Waals surface area contributed by atoms with E-state index in [1.807, 2.05) is 37.3 Å². The minimum Gasteiger partial charge on any atom is -0.341 e. The van der Waals surface area contributed by atoms with Gasteiger partial charge < -0.3 is 9.88 Å². The Morgan fingerprint density at radius 3 is 2.66 bits per heavy atom. The second kappa shape index (κ2) is 9.46. The number of nitrogens with one attached hydrogen (secondary N) is 1. The number of amides is 1. The largest absolute Gasteiger partial charge is 0.341 e. The monoisotopic (exact) mass is 442 g/mol. The number of thioether (sulfide) groups is 1. The number of carbonyl (C=O) groups excluding carboxylic acids is 1. The zero-order chi connectivity index (χ0) is 22.7. The van der Waals surface area contributed by atoms with Gasteiger partial charge in [0.2, 0.25) is 5.91 Å². The van der Waals surface area contributed by atoms with E-state index < -0.39 is 0 Å². The molecule has 162 valence electrons. The fourth-order valence-corrected chi connectivity index (χ4v) is 4.90. The molecule has 1 amide bonds. The summed E-state index contributed by atoms with van der Waals surface area (Å²) in [6.45, 7) is 6.96. The van der Waals surface area contributed by atoms with E-state index in [2.05, 4.69) is 53.0 Å². The molecule has 0 bridgehead atoms. The Hall–Kier alpha value is -3.30. The van der Waals surface area contributed by atoms with Crippen molar-refractivity contribution < 1.29 is 4.79 Å². The molecule has 1 unspecified atom stereocenters. The number of carbonyl (C=O) groups is 1. The third-order valence-corrected chi connectivity index (χ3v) is 6.66. The van der Waals surface area contributed by atoms with Crippen LogP contribution in [0, 0.1) is 11.3 Å². The zero-order valence-electron chi connectivity index (χ0n) is 18.6. The summed E-state index contributed by atoms with van der Waals surface area (Å²) in [5, 5.41) is 15.0. The fourth-order valence-electron chi connectivity index (χ4n) is 3.99. The number of nitriles is 1. The summed E-state index contributed by atoms with van der Waals surface area (Å²) in [4.78, 5) is 17.5. The predicted octanol–water partition coefficient (Wildman–Crippen LogP) is 6.15. The van der Waals surface area contributed by atoms with E-state index in [0.717, 1.165) is 41.7 Å². The zero-order valence-corrected chi connectivity index (χ0v) is 19.4. The predicted molar refractivity (Wildman–Crippen MR) is 132 cm³/mol. The van der Waals surface area contributed by atoms with Crippen LogP contribution in [0.3, 0.4) is 0 Å². The van der Waals surface area contributed by atoms with Crippen LogP contribution in [-0.4, -0.2) is 20.7 Å². The summed E-state index contributed by atoms with van der Waals surface area (Å²) in [6, 6.07) is 20.3. The molecule has 2 aromatic carbocycles. The van der Waals surface area contributed by atoms with Crippen molar-refractivity contribution in [2.24, 2.45) is 0 Å². The van der Waals surface area contributed by atoms with Gasteiger partial charge in [-0.15, -0.1) is 0 Å². The van der Waals surface area contributed by atoms with E-state index in [1.165, 1.54) is 22.7 Å². The third-order valence-electron chi connectivity index (χ3n) is 5.56. The third kappa shape index (κ3) is 4.21. The lowest BCUT2D eigenvalue weighted by Gasteiger charge is -2.13. The molecule has 1 N–H and O–H groups in total. The summed E-state index contributed by atoms with van der Waals surface area (Å²) in [5.74, 6) is -0.111. The van der Waals surface area contributed by atoms with E-state index in [1.54, 1.807) is 6.07 Å². The number of fused-ring (bicyclic) bond motifs is 3. The maximum Gasteiger partial charge on any atom is 0.237 e. The van der Waals surface area contributed by atoms with E-state index in [9.17, 15) is 10.1 Å². The van der Waals surface area contributed by atoms with Gasteiger partial charge in [-0.3, -0.25) is 4.79 Å². The molecule has 0 saturated carbocycles. The van der Waals surface area contributed by atoms with E-state index in [-0.39, 0.29) is 11.2 Å². The first-order chi connectivity index (χ1) is 15.5. The number of benzene rings is 2. The van der Waals surface area contributed by atoms with Crippen molar-refractivity contribution in [1.29, 1.82) is 5.26 Å². The number of hydrogen-bond acceptors (Lipinski definition) is 4. The first-order valence-electron chi connectivity index (χ1n) is 10.9. The molecule has 0 aliphatic heterocycles. The standard InChI is InChI=1S/C26H26N4OS/c1-4-8-19-12-11-18(16-27)26(29-19)32-17(3)25(31)28-20-13-14-24-22(15-20)21-9-6-7-10-23(21)30(24)5-2/h6-7,9-15,17H,4-5,8H2,1-3H3,(H,28,31). The normalized spacial score (nSPS) is 12.1. The molecule has 4 aromatic rings. The molecule has 0 saturated heterocycles. The van der Waals surface area contributed by atoms with Crippen LogP contribution in [0.5, 0.6) is 0 Å². The van der Waals surface area contributed by atoms with Gasteiger partial charge in [0.15, 0.2) is 0 Å². The molecule has 0 aliphatic rings. The lowest BCUT2D eigenvalue weighted by atomic mass is 10.1. The lowest BCUT2D eigenvalue weighted by Crippen LogP contribution is -2.22. The molecule has 4 rings (SSSR count). The van der Waals surface area contributed by atoms with Crippen LogP contribution >= 0.6 is 11.8 Å². The topological polar surface area (TPSA) is 70.7 Å². The maximum absolute atomic E-state index is 12.9. The van der Waals surface area contributed by atoms with Crippen LogP contribution < -0.4 is 5.32 Å². The van der Waals surface area contributed by atoms with Crippen molar-refractivity contribution in [3.05, 3.63) is 65.9 Å². The molecule has 0 radical (unpaired) electrons. The smallest absolute Gasteiger partial charge is 0.237 e. The van der Waals surface area contributed by atoms with Gasteiger partial charge in [-0.1, -0.05) is 43.3 Å². The molecule has 2 aromatic heterocycles. The number of para-hydroxylation sites is 1. The van der Waals surface area contributed by atoms with Crippen LogP contribution in [0.25, 0.3) is 21.8 Å². The fraction of sp³-hybridized carbons (Fsp3) is 0.269. The molecule has 5 nitrogen and oxygen atoms in total. The number of aromatic nitrogens is 2. The van der Waals surface area contributed by atoms with E-state index in [0.29, 0.717) is 10.6 Å². The van der Waals surface area contributed by atoms with Crippen molar-refractivity contribution in [2.45, 2.75) is 50.4 Å². The van der Waals surface area contributed by atoms with Crippen LogP contribution in [-0.2, 0) is 17.8 Å². The second-order valence-corrected chi connectivity index (χ2v) is 9.09. The highest BCUT2D eigenvalue weighted by Gasteiger charge is 2.19. The Kier molecular flexibility index (Phi) is 6.48. The molecule has 0 aliphatic carbocycles. The van der Waals surface area contributed by atoms with Gasteiger partial charge >= 0.3 is 0 Å². The Morgan fingerprint density at radius 2 is 1.91 bits per heavy atom. The van der Waals surface area contributed by atoms with Crippen molar-refractivity contribution >= 4 is 45.2 Å². The minimum atomic E-state index is -0.390. The van der Waals surface area contributed by atoms with Crippen LogP contribution in [0.15, 0.2) is 59.6 Å². The van der Waals surface area contributed by atoms with Gasteiger partial charge in [0.05, 0.1) is 10.8 Å². The first kappa shape index (κ1) is 21.9. The molecular formula is C26H26N4OS. The molecule has 0 fully saturated rings. The molecule has 0 spiro atoms. The number of hydrogen-bond donors (Lipinski definition) is 1. The van der Waals surface area contributed by atoms with E-state index in [4.69, 9.17) is 0 Å². The highest BCUT2D eigenvalue weighted by atomic mass is 32.2. The van der Waals surface area contributed by atoms with Crippen LogP contribution in [0.2, 0.25) is 0 Å². The quantitative estimate of drug-likeness (QED) is 0.348. The van der Waals surface area contributed by atoms with Gasteiger partial charge in [-0.05, 0) is 56.7 Å². The Morgan fingerprint density at radius 1 is 1.12 bits per heavy atom. The van der Waals surface area contributed by atoms with Crippen LogP contribution in [0.4, 0.5) is 5.69 Å². The Labute approximate surface area is 192 Å². The number of aryl methyl sites for hydroxylation is 2.